The van der Waals surface area contributed by atoms with Crippen LogP contribution >= 0.6 is 0 Å². The van der Waals surface area contributed by atoms with Gasteiger partial charge >= 0.3 is 0 Å². The van der Waals surface area contributed by atoms with Crippen molar-refractivity contribution >= 4 is 5.95 Å². The fourth-order valence-electron chi connectivity index (χ4n) is 3.50. The van der Waals surface area contributed by atoms with Crippen molar-refractivity contribution in [3.63, 3.8) is 0 Å². The van der Waals surface area contributed by atoms with E-state index in [-0.39, 0.29) is 12.8 Å². The second kappa shape index (κ2) is 7.03. The van der Waals surface area contributed by atoms with Crippen LogP contribution in [-0.2, 0) is 12.0 Å². The van der Waals surface area contributed by atoms with E-state index < -0.39 is 17.4 Å². The lowest BCUT2D eigenvalue weighted by Gasteiger charge is -2.43. The first-order valence-corrected chi connectivity index (χ1v) is 8.78. The first-order chi connectivity index (χ1) is 13.1. The van der Waals surface area contributed by atoms with Crippen molar-refractivity contribution in [3.8, 4) is 5.69 Å². The normalized spacial score (nSPS) is 21.7. The van der Waals surface area contributed by atoms with Gasteiger partial charge in [0.05, 0.1) is 23.8 Å². The predicted octanol–water partition coefficient (Wildman–Crippen LogP) is 2.74. The van der Waals surface area contributed by atoms with Crippen molar-refractivity contribution in [1.82, 2.24) is 19.5 Å². The number of nitrogens with zero attached hydrogens (tertiary/aromatic N) is 4. The van der Waals surface area contributed by atoms with E-state index in [0.29, 0.717) is 24.7 Å². The first kappa shape index (κ1) is 17.5. The summed E-state index contributed by atoms with van der Waals surface area (Å²) in [6, 6.07) is 4.82. The number of pyridine rings is 1. The fraction of sp³-hybridized carbons (Fsp3) is 0.316. The summed E-state index contributed by atoms with van der Waals surface area (Å²) < 4.78 is 29.7. The molecule has 8 heteroatoms. The third-order valence-corrected chi connectivity index (χ3v) is 5.00. The van der Waals surface area contributed by atoms with Gasteiger partial charge in [-0.25, -0.2) is 18.7 Å². The summed E-state index contributed by atoms with van der Waals surface area (Å²) in [4.78, 5) is 12.8. The molecule has 0 aromatic carbocycles. The third-order valence-electron chi connectivity index (χ3n) is 5.00. The quantitative estimate of drug-likeness (QED) is 0.697. The molecule has 3 aromatic heterocycles. The maximum Gasteiger partial charge on any atom is 0.222 e. The molecule has 0 unspecified atom stereocenters. The van der Waals surface area contributed by atoms with Crippen molar-refractivity contribution in [2.24, 2.45) is 5.73 Å². The molecule has 0 radical (unpaired) electrons. The van der Waals surface area contributed by atoms with Gasteiger partial charge in [0, 0.05) is 37.1 Å². The van der Waals surface area contributed by atoms with E-state index in [1.165, 1.54) is 18.3 Å². The summed E-state index contributed by atoms with van der Waals surface area (Å²) in [7, 11) is 0. The lowest BCUT2D eigenvalue weighted by atomic mass is 9.65. The van der Waals surface area contributed by atoms with E-state index in [4.69, 9.17) is 5.73 Å². The molecule has 140 valence electrons. The first-order valence-electron chi connectivity index (χ1n) is 8.78. The Balaban J connectivity index is 1.48. The van der Waals surface area contributed by atoms with E-state index in [9.17, 15) is 8.78 Å². The second-order valence-electron chi connectivity index (χ2n) is 6.87. The van der Waals surface area contributed by atoms with Crippen LogP contribution < -0.4 is 11.1 Å². The van der Waals surface area contributed by atoms with Crippen LogP contribution in [-0.4, -0.2) is 32.2 Å². The van der Waals surface area contributed by atoms with Gasteiger partial charge in [-0.1, -0.05) is 0 Å². The van der Waals surface area contributed by atoms with Gasteiger partial charge < -0.3 is 15.6 Å². The van der Waals surface area contributed by atoms with Gasteiger partial charge in [-0.15, -0.1) is 0 Å². The highest BCUT2D eigenvalue weighted by atomic mass is 19.1. The van der Waals surface area contributed by atoms with Crippen molar-refractivity contribution in [1.29, 1.82) is 0 Å². The Labute approximate surface area is 155 Å². The largest absolute Gasteiger partial charge is 0.353 e. The molecular weight excluding hydrogens is 350 g/mol. The van der Waals surface area contributed by atoms with Crippen molar-refractivity contribution in [2.45, 2.75) is 31.0 Å². The van der Waals surface area contributed by atoms with Crippen molar-refractivity contribution in [3.05, 3.63) is 66.3 Å². The molecule has 1 aliphatic carbocycles. The van der Waals surface area contributed by atoms with E-state index in [2.05, 4.69) is 20.3 Å². The topological polar surface area (TPSA) is 81.7 Å². The zero-order chi connectivity index (χ0) is 18.9. The van der Waals surface area contributed by atoms with Crippen LogP contribution in [0.15, 0.2) is 49.2 Å². The van der Waals surface area contributed by atoms with Gasteiger partial charge in [0.15, 0.2) is 0 Å². The summed E-state index contributed by atoms with van der Waals surface area (Å²) >= 11 is 0. The average molecular weight is 370 g/mol. The molecule has 6 nitrogen and oxygen atoms in total. The number of nitrogens with one attached hydrogen (secondary N) is 1. The Morgan fingerprint density at radius 1 is 1.22 bits per heavy atom. The maximum atomic E-state index is 14.2. The molecule has 0 amide bonds. The molecule has 1 saturated carbocycles. The van der Waals surface area contributed by atoms with Gasteiger partial charge in [-0.3, -0.25) is 4.98 Å². The molecule has 0 bridgehead atoms. The van der Waals surface area contributed by atoms with E-state index in [1.807, 2.05) is 23.0 Å². The average Bonchev–Trinajstić information content (AvgIpc) is 3.14. The van der Waals surface area contributed by atoms with Gasteiger partial charge in [0.2, 0.25) is 5.95 Å². The minimum Gasteiger partial charge on any atom is -0.353 e. The molecule has 3 aromatic rings. The van der Waals surface area contributed by atoms with Crippen LogP contribution in [0.2, 0.25) is 0 Å². The van der Waals surface area contributed by atoms with E-state index >= 15 is 0 Å². The van der Waals surface area contributed by atoms with Crippen LogP contribution in [0.5, 0.6) is 0 Å². The zero-order valence-corrected chi connectivity index (χ0v) is 14.6. The Bertz CT molecular complexity index is 918. The Kier molecular flexibility index (Phi) is 4.57. The van der Waals surface area contributed by atoms with Crippen molar-refractivity contribution in [2.75, 3.05) is 11.9 Å². The number of aromatic nitrogens is 4. The molecular formula is C19H20F2N6. The summed E-state index contributed by atoms with van der Waals surface area (Å²) in [6.07, 6.45) is 8.23. The van der Waals surface area contributed by atoms with Gasteiger partial charge in [-0.05, 0) is 36.6 Å². The van der Waals surface area contributed by atoms with Crippen LogP contribution in [0.3, 0.4) is 0 Å². The van der Waals surface area contributed by atoms with Gasteiger partial charge in [0.25, 0.3) is 0 Å². The fourth-order valence-corrected chi connectivity index (χ4v) is 3.50. The number of rotatable bonds is 6. The van der Waals surface area contributed by atoms with E-state index in [1.54, 1.807) is 12.4 Å². The highest BCUT2D eigenvalue weighted by Crippen LogP contribution is 2.45. The second-order valence-corrected chi connectivity index (χ2v) is 6.87. The minimum atomic E-state index is -0.943. The number of halogens is 2. The number of alkyl halides is 1. The van der Waals surface area contributed by atoms with Crippen LogP contribution in [0, 0.1) is 5.82 Å². The molecule has 27 heavy (non-hydrogen) atoms. The molecule has 4 rings (SSSR count). The SMILES string of the molecule is NCc1ccn(-c2cnc(NC[C@]3(c4ncccc4F)C[C@H](F)C3)nc2)c1. The molecule has 0 aliphatic heterocycles. The Hall–Kier alpha value is -2.87. The maximum absolute atomic E-state index is 14.2. The van der Waals surface area contributed by atoms with Crippen LogP contribution in [0.1, 0.15) is 24.1 Å². The van der Waals surface area contributed by atoms with Crippen LogP contribution in [0.25, 0.3) is 5.69 Å². The zero-order valence-electron chi connectivity index (χ0n) is 14.6. The molecule has 0 atom stereocenters. The molecule has 3 N–H and O–H groups in total. The lowest BCUT2D eigenvalue weighted by Crippen LogP contribution is -2.49. The number of hydrogen-bond acceptors (Lipinski definition) is 5. The van der Waals surface area contributed by atoms with Crippen LogP contribution in [0.4, 0.5) is 14.7 Å². The summed E-state index contributed by atoms with van der Waals surface area (Å²) in [5.41, 5.74) is 7.06. The highest BCUT2D eigenvalue weighted by molar-refractivity contribution is 5.36. The number of anilines is 1. The summed E-state index contributed by atoms with van der Waals surface area (Å²) in [5.74, 6) is -0.00578. The molecule has 0 spiro atoms. The van der Waals surface area contributed by atoms with Crippen molar-refractivity contribution < 1.29 is 8.78 Å². The number of hydrogen-bond donors (Lipinski definition) is 2. The minimum absolute atomic E-state index is 0.233. The standard InChI is InChI=1S/C19H20F2N6/c20-14-6-19(7-14,17-16(21)2-1-4-23-17)12-26-18-24-9-15(10-25-18)27-5-3-13(8-22)11-27/h1-5,9-11,14H,6-8,12,22H2,(H,24,25,26)/t14-,19-. The summed E-state index contributed by atoms with van der Waals surface area (Å²) in [5, 5.41) is 3.10. The number of nitrogens with two attached hydrogens (primary N) is 1. The monoisotopic (exact) mass is 370 g/mol. The smallest absolute Gasteiger partial charge is 0.222 e. The highest BCUT2D eigenvalue weighted by Gasteiger charge is 2.48. The third kappa shape index (κ3) is 3.40. The Morgan fingerprint density at radius 2 is 2.00 bits per heavy atom. The van der Waals surface area contributed by atoms with Gasteiger partial charge in [-0.2, -0.15) is 0 Å². The molecule has 1 aliphatic rings. The lowest BCUT2D eigenvalue weighted by molar-refractivity contribution is 0.0963. The summed E-state index contributed by atoms with van der Waals surface area (Å²) in [6.45, 7) is 0.788. The van der Waals surface area contributed by atoms with E-state index in [0.717, 1.165) is 11.3 Å². The molecule has 0 saturated heterocycles. The molecule has 3 heterocycles. The van der Waals surface area contributed by atoms with Gasteiger partial charge in [0.1, 0.15) is 12.0 Å². The predicted molar refractivity (Wildman–Crippen MR) is 97.7 cm³/mol. The Morgan fingerprint density at radius 3 is 2.63 bits per heavy atom. The molecule has 1 fully saturated rings.